The molecular formula is C10H15N3O. The molecule has 1 saturated carbocycles. The molecular weight excluding hydrogens is 178 g/mol. The van der Waals surface area contributed by atoms with Crippen LogP contribution in [0.3, 0.4) is 0 Å². The molecule has 3 rings (SSSR count). The fourth-order valence-electron chi connectivity index (χ4n) is 3.00. The van der Waals surface area contributed by atoms with Crippen molar-refractivity contribution in [1.82, 2.24) is 15.5 Å². The second kappa shape index (κ2) is 2.79. The average molecular weight is 193 g/mol. The molecule has 1 aliphatic heterocycles. The summed E-state index contributed by atoms with van der Waals surface area (Å²) in [7, 11) is 0. The molecule has 2 heterocycles. The van der Waals surface area contributed by atoms with Crippen molar-refractivity contribution >= 4 is 0 Å². The van der Waals surface area contributed by atoms with E-state index in [0.29, 0.717) is 5.92 Å². The SMILES string of the molecule is Cc1noc(C23CCCC2CNC3)n1. The number of hydrogen-bond acceptors (Lipinski definition) is 4. The van der Waals surface area contributed by atoms with Crippen LogP contribution < -0.4 is 5.32 Å². The Morgan fingerprint density at radius 3 is 3.29 bits per heavy atom. The third-order valence-electron chi connectivity index (χ3n) is 3.74. The zero-order chi connectivity index (χ0) is 9.60. The predicted octanol–water partition coefficient (Wildman–Crippen LogP) is 1.02. The topological polar surface area (TPSA) is 51.0 Å². The lowest BCUT2D eigenvalue weighted by atomic mass is 9.80. The number of nitrogens with zero attached hydrogens (tertiary/aromatic N) is 2. The minimum Gasteiger partial charge on any atom is -0.339 e. The highest BCUT2D eigenvalue weighted by Gasteiger charge is 2.51. The van der Waals surface area contributed by atoms with Crippen molar-refractivity contribution in [1.29, 1.82) is 0 Å². The molecule has 4 heteroatoms. The Morgan fingerprint density at radius 1 is 1.57 bits per heavy atom. The molecule has 1 aromatic heterocycles. The van der Waals surface area contributed by atoms with Gasteiger partial charge in [0, 0.05) is 6.54 Å². The molecule has 0 amide bonds. The van der Waals surface area contributed by atoms with Gasteiger partial charge in [-0.2, -0.15) is 4.98 Å². The van der Waals surface area contributed by atoms with Crippen molar-refractivity contribution in [2.75, 3.05) is 13.1 Å². The maximum absolute atomic E-state index is 5.35. The molecule has 1 aliphatic carbocycles. The zero-order valence-corrected chi connectivity index (χ0v) is 8.42. The van der Waals surface area contributed by atoms with E-state index >= 15 is 0 Å². The van der Waals surface area contributed by atoms with Crippen LogP contribution >= 0.6 is 0 Å². The van der Waals surface area contributed by atoms with Crippen LogP contribution in [0.2, 0.25) is 0 Å². The van der Waals surface area contributed by atoms with Gasteiger partial charge in [-0.15, -0.1) is 0 Å². The lowest BCUT2D eigenvalue weighted by Gasteiger charge is -2.22. The fraction of sp³-hybridized carbons (Fsp3) is 0.800. The third kappa shape index (κ3) is 0.974. The van der Waals surface area contributed by atoms with Crippen LogP contribution in [0.25, 0.3) is 0 Å². The van der Waals surface area contributed by atoms with E-state index in [1.807, 2.05) is 6.92 Å². The van der Waals surface area contributed by atoms with E-state index in [1.54, 1.807) is 0 Å². The van der Waals surface area contributed by atoms with Crippen molar-refractivity contribution < 1.29 is 4.52 Å². The highest BCUT2D eigenvalue weighted by Crippen LogP contribution is 2.46. The number of nitrogens with one attached hydrogen (secondary N) is 1. The van der Waals surface area contributed by atoms with Crippen LogP contribution in [-0.2, 0) is 5.41 Å². The molecule has 2 atom stereocenters. The Morgan fingerprint density at radius 2 is 2.50 bits per heavy atom. The number of aromatic nitrogens is 2. The van der Waals surface area contributed by atoms with Gasteiger partial charge in [0.05, 0.1) is 5.41 Å². The van der Waals surface area contributed by atoms with Gasteiger partial charge in [-0.25, -0.2) is 0 Å². The van der Waals surface area contributed by atoms with Crippen molar-refractivity contribution in [2.24, 2.45) is 5.92 Å². The standard InChI is InChI=1S/C10H15N3O/c1-7-12-9(14-13-7)10-4-2-3-8(10)5-11-6-10/h8,11H,2-6H2,1H3. The molecule has 0 bridgehead atoms. The maximum Gasteiger partial charge on any atom is 0.234 e. The second-order valence-corrected chi connectivity index (χ2v) is 4.52. The molecule has 4 nitrogen and oxygen atoms in total. The Kier molecular flexibility index (Phi) is 1.68. The monoisotopic (exact) mass is 193 g/mol. The zero-order valence-electron chi connectivity index (χ0n) is 8.42. The van der Waals surface area contributed by atoms with E-state index in [9.17, 15) is 0 Å². The van der Waals surface area contributed by atoms with Crippen LogP contribution in [0.5, 0.6) is 0 Å². The maximum atomic E-state index is 5.35. The average Bonchev–Trinajstić information content (AvgIpc) is 2.75. The summed E-state index contributed by atoms with van der Waals surface area (Å²) in [4.78, 5) is 4.41. The predicted molar refractivity (Wildman–Crippen MR) is 50.9 cm³/mol. The molecule has 1 aromatic rings. The smallest absolute Gasteiger partial charge is 0.234 e. The van der Waals surface area contributed by atoms with Crippen molar-refractivity contribution in [2.45, 2.75) is 31.6 Å². The third-order valence-corrected chi connectivity index (χ3v) is 3.74. The van der Waals surface area contributed by atoms with Gasteiger partial charge in [0.15, 0.2) is 5.82 Å². The fourth-order valence-corrected chi connectivity index (χ4v) is 3.00. The summed E-state index contributed by atoms with van der Waals surface area (Å²) < 4.78 is 5.35. The van der Waals surface area contributed by atoms with Crippen LogP contribution in [0.15, 0.2) is 4.52 Å². The van der Waals surface area contributed by atoms with Gasteiger partial charge >= 0.3 is 0 Å². The van der Waals surface area contributed by atoms with E-state index in [4.69, 9.17) is 4.52 Å². The van der Waals surface area contributed by atoms with Crippen LogP contribution in [0.4, 0.5) is 0 Å². The van der Waals surface area contributed by atoms with Gasteiger partial charge in [0.25, 0.3) is 0 Å². The number of fused-ring (bicyclic) bond motifs is 1. The Hall–Kier alpha value is -0.900. The van der Waals surface area contributed by atoms with Gasteiger partial charge < -0.3 is 9.84 Å². The first-order valence-electron chi connectivity index (χ1n) is 5.33. The van der Waals surface area contributed by atoms with Crippen LogP contribution in [0.1, 0.15) is 31.0 Å². The summed E-state index contributed by atoms with van der Waals surface area (Å²) in [5.74, 6) is 2.33. The van der Waals surface area contributed by atoms with Crippen molar-refractivity contribution in [3.63, 3.8) is 0 Å². The summed E-state index contributed by atoms with van der Waals surface area (Å²) in [6.45, 7) is 4.01. The van der Waals surface area contributed by atoms with Gasteiger partial charge in [0.2, 0.25) is 5.89 Å². The number of rotatable bonds is 1. The summed E-state index contributed by atoms with van der Waals surface area (Å²) >= 11 is 0. The van der Waals surface area contributed by atoms with E-state index in [-0.39, 0.29) is 5.41 Å². The van der Waals surface area contributed by atoms with E-state index in [2.05, 4.69) is 15.5 Å². The van der Waals surface area contributed by atoms with E-state index < -0.39 is 0 Å². The normalized spacial score (nSPS) is 36.2. The first-order valence-corrected chi connectivity index (χ1v) is 5.33. The minimum absolute atomic E-state index is 0.168. The molecule has 0 aromatic carbocycles. The van der Waals surface area contributed by atoms with E-state index in [1.165, 1.54) is 19.3 Å². The number of aryl methyl sites for hydroxylation is 1. The first kappa shape index (κ1) is 8.41. The molecule has 76 valence electrons. The van der Waals surface area contributed by atoms with E-state index in [0.717, 1.165) is 24.8 Å². The summed E-state index contributed by atoms with van der Waals surface area (Å²) in [5.41, 5.74) is 0.168. The summed E-state index contributed by atoms with van der Waals surface area (Å²) in [5, 5.41) is 7.35. The Labute approximate surface area is 83.1 Å². The molecule has 1 saturated heterocycles. The summed E-state index contributed by atoms with van der Waals surface area (Å²) in [6.07, 6.45) is 3.80. The minimum atomic E-state index is 0.168. The molecule has 2 fully saturated rings. The van der Waals surface area contributed by atoms with Gasteiger partial charge in [-0.3, -0.25) is 0 Å². The lowest BCUT2D eigenvalue weighted by molar-refractivity contribution is 0.264. The van der Waals surface area contributed by atoms with Gasteiger partial charge in [-0.1, -0.05) is 11.6 Å². The Bertz CT molecular complexity index is 337. The molecule has 0 spiro atoms. The van der Waals surface area contributed by atoms with Crippen LogP contribution in [-0.4, -0.2) is 23.2 Å². The second-order valence-electron chi connectivity index (χ2n) is 4.52. The molecule has 2 unspecified atom stereocenters. The first-order chi connectivity index (χ1) is 6.81. The molecule has 0 radical (unpaired) electrons. The highest BCUT2D eigenvalue weighted by atomic mass is 16.5. The largest absolute Gasteiger partial charge is 0.339 e. The van der Waals surface area contributed by atoms with Gasteiger partial charge in [0.1, 0.15) is 0 Å². The van der Waals surface area contributed by atoms with Gasteiger partial charge in [-0.05, 0) is 32.2 Å². The number of hydrogen-bond donors (Lipinski definition) is 1. The Balaban J connectivity index is 2.02. The quantitative estimate of drug-likeness (QED) is 0.723. The van der Waals surface area contributed by atoms with Crippen LogP contribution in [0, 0.1) is 12.8 Å². The van der Waals surface area contributed by atoms with Crippen molar-refractivity contribution in [3.8, 4) is 0 Å². The molecule has 2 aliphatic rings. The van der Waals surface area contributed by atoms with Crippen molar-refractivity contribution in [3.05, 3.63) is 11.7 Å². The lowest BCUT2D eigenvalue weighted by Crippen LogP contribution is -2.31. The highest BCUT2D eigenvalue weighted by molar-refractivity contribution is 5.16. The molecule has 14 heavy (non-hydrogen) atoms. The summed E-state index contributed by atoms with van der Waals surface area (Å²) in [6, 6.07) is 0. The molecule has 1 N–H and O–H groups in total.